The van der Waals surface area contributed by atoms with Gasteiger partial charge >= 0.3 is 21.1 Å². The predicted octanol–water partition coefficient (Wildman–Crippen LogP) is 2.70. The van der Waals surface area contributed by atoms with E-state index in [4.69, 9.17) is 1.37 Å². The molecular weight excluding hydrogens is 268 g/mol. The smallest absolute Gasteiger partial charge is 0.346 e. The molecule has 0 nitrogen and oxygen atoms in total. The monoisotopic (exact) mass is 285 g/mol. The standard InChI is InChI=1S/C5H11.C2H5.W/c1-4-5(2)3;1-2;/h5H,2,4H2,1,3H3;1H2,2H3;/q2*-1;+2/i3D;;. The van der Waals surface area contributed by atoms with E-state index in [0.29, 0.717) is 12.8 Å². The summed E-state index contributed by atoms with van der Waals surface area (Å²) in [5, 5.41) is 0. The van der Waals surface area contributed by atoms with Crippen LogP contribution in [0.3, 0.4) is 0 Å². The summed E-state index contributed by atoms with van der Waals surface area (Å²) in [4.78, 5) is 0. The zero-order chi connectivity index (χ0) is 6.99. The first-order valence-electron chi connectivity index (χ1n) is 3.35. The van der Waals surface area contributed by atoms with Gasteiger partial charge in [-0.1, -0.05) is 20.2 Å². The Balaban J connectivity index is -0.000000109. The maximum atomic E-state index is 6.75. The van der Waals surface area contributed by atoms with Crippen molar-refractivity contribution < 1.29 is 22.4 Å². The molecule has 0 amide bonds. The third-order valence-electron chi connectivity index (χ3n) is 0.577. The van der Waals surface area contributed by atoms with Gasteiger partial charge in [0.2, 0.25) is 0 Å². The second-order valence-corrected chi connectivity index (χ2v) is 1.27. The Kier molecular flexibility index (Phi) is 22.5. The van der Waals surface area contributed by atoms with Gasteiger partial charge in [-0.2, -0.15) is 12.8 Å². The molecule has 0 aromatic heterocycles. The van der Waals surface area contributed by atoms with Crippen molar-refractivity contribution in [2.45, 2.75) is 27.2 Å². The van der Waals surface area contributed by atoms with Crippen LogP contribution in [-0.2, 0) is 21.1 Å². The fourth-order valence-corrected chi connectivity index (χ4v) is 0. The molecule has 1 heteroatoms. The van der Waals surface area contributed by atoms with Gasteiger partial charge < -0.3 is 13.8 Å². The van der Waals surface area contributed by atoms with E-state index >= 15 is 0 Å². The summed E-state index contributed by atoms with van der Waals surface area (Å²) in [5.41, 5.74) is 0. The maximum Gasteiger partial charge on any atom is 2.00 e. The molecule has 0 saturated carbocycles. The molecule has 8 heavy (non-hydrogen) atoms. The second-order valence-electron chi connectivity index (χ2n) is 1.27. The molecule has 0 aliphatic carbocycles. The van der Waals surface area contributed by atoms with Gasteiger partial charge in [0, 0.05) is 1.37 Å². The Bertz CT molecular complexity index is 28.1. The Morgan fingerprint density at radius 2 is 2.00 bits per heavy atom. The van der Waals surface area contributed by atoms with Crippen LogP contribution in [0.15, 0.2) is 0 Å². The van der Waals surface area contributed by atoms with Crippen LogP contribution in [0.25, 0.3) is 0 Å². The zero-order valence-corrected chi connectivity index (χ0v) is 8.75. The maximum absolute atomic E-state index is 6.75. The number of rotatable bonds is 1. The van der Waals surface area contributed by atoms with Gasteiger partial charge in [0.05, 0.1) is 0 Å². The van der Waals surface area contributed by atoms with Crippen LogP contribution in [0.2, 0.25) is 0 Å². The topological polar surface area (TPSA) is 0 Å². The van der Waals surface area contributed by atoms with Crippen LogP contribution in [0.1, 0.15) is 28.5 Å². The summed E-state index contributed by atoms with van der Waals surface area (Å²) < 4.78 is 6.75. The first kappa shape index (κ1) is 11.5. The van der Waals surface area contributed by atoms with E-state index in [-0.39, 0.29) is 21.1 Å². The fraction of sp³-hybridized carbons (Fsp3) is 0.714. The van der Waals surface area contributed by atoms with Crippen LogP contribution in [-0.4, -0.2) is 0 Å². The molecule has 0 radical (unpaired) electrons. The molecule has 0 aliphatic heterocycles. The van der Waals surface area contributed by atoms with Crippen molar-refractivity contribution in [1.82, 2.24) is 0 Å². The van der Waals surface area contributed by atoms with Crippen LogP contribution in [0.5, 0.6) is 0 Å². The summed E-state index contributed by atoms with van der Waals surface area (Å²) >= 11 is 0. The molecule has 0 aliphatic rings. The van der Waals surface area contributed by atoms with Crippen molar-refractivity contribution in [3.63, 3.8) is 0 Å². The van der Waals surface area contributed by atoms with Gasteiger partial charge in [-0.25, -0.2) is 0 Å². The van der Waals surface area contributed by atoms with Crippen LogP contribution >= 0.6 is 0 Å². The van der Waals surface area contributed by atoms with Gasteiger partial charge in [-0.3, -0.25) is 0 Å². The normalized spacial score (nSPS) is 11.8. The molecule has 0 bridgehead atoms. The van der Waals surface area contributed by atoms with Crippen LogP contribution in [0, 0.1) is 19.8 Å². The quantitative estimate of drug-likeness (QED) is 0.650. The van der Waals surface area contributed by atoms with Crippen molar-refractivity contribution in [3.05, 3.63) is 13.8 Å². The Hall–Kier alpha value is 0.688. The van der Waals surface area contributed by atoms with Crippen molar-refractivity contribution in [1.29, 1.82) is 0 Å². The third-order valence-corrected chi connectivity index (χ3v) is 0.577. The molecule has 0 heterocycles. The minimum Gasteiger partial charge on any atom is -0.346 e. The zero-order valence-electron chi connectivity index (χ0n) is 6.81. The van der Waals surface area contributed by atoms with Crippen molar-refractivity contribution in [3.8, 4) is 0 Å². The predicted molar refractivity (Wildman–Crippen MR) is 35.8 cm³/mol. The average molecular weight is 285 g/mol. The van der Waals surface area contributed by atoms with E-state index in [2.05, 4.69) is 13.8 Å². The Labute approximate surface area is 69.7 Å². The molecule has 0 fully saturated rings. The molecule has 0 spiro atoms. The molecule has 1 unspecified atom stereocenters. The number of hydrogen-bond acceptors (Lipinski definition) is 0. The summed E-state index contributed by atoms with van der Waals surface area (Å²) in [5.74, 6) is 0.352. The molecule has 50 valence electrons. The molecule has 0 rings (SSSR count). The summed E-state index contributed by atoms with van der Waals surface area (Å²) in [6, 6.07) is 0. The third kappa shape index (κ3) is 29.9. The molecule has 0 saturated heterocycles. The van der Waals surface area contributed by atoms with Gasteiger partial charge in [-0.05, 0) is 0 Å². The van der Waals surface area contributed by atoms with E-state index in [1.54, 1.807) is 6.92 Å². The van der Waals surface area contributed by atoms with E-state index in [9.17, 15) is 0 Å². The van der Waals surface area contributed by atoms with E-state index in [1.165, 1.54) is 0 Å². The Morgan fingerprint density at radius 1 is 1.62 bits per heavy atom. The summed E-state index contributed by atoms with van der Waals surface area (Å²) in [7, 11) is 0. The first-order chi connectivity index (χ1) is 3.81. The van der Waals surface area contributed by atoms with Gasteiger partial charge in [0.15, 0.2) is 0 Å². The van der Waals surface area contributed by atoms with E-state index in [0.717, 1.165) is 6.42 Å². The Morgan fingerprint density at radius 3 is 2.00 bits per heavy atom. The average Bonchev–Trinajstić information content (AvgIpc) is 1.91. The van der Waals surface area contributed by atoms with E-state index < -0.39 is 0 Å². The van der Waals surface area contributed by atoms with Gasteiger partial charge in [0.1, 0.15) is 0 Å². The van der Waals surface area contributed by atoms with Crippen molar-refractivity contribution in [2.75, 3.05) is 0 Å². The fourth-order valence-electron chi connectivity index (χ4n) is 0. The molecule has 0 N–H and O–H groups in total. The minimum absolute atomic E-state index is 0. The minimum atomic E-state index is 0. The van der Waals surface area contributed by atoms with Crippen molar-refractivity contribution >= 4 is 0 Å². The molecule has 1 atom stereocenters. The first-order valence-corrected chi connectivity index (χ1v) is 2.64. The van der Waals surface area contributed by atoms with Crippen molar-refractivity contribution in [2.24, 2.45) is 5.92 Å². The largest absolute Gasteiger partial charge is 2.00 e. The van der Waals surface area contributed by atoms with Crippen LogP contribution < -0.4 is 0 Å². The molecule has 0 aromatic rings. The number of hydrogen-bond donors (Lipinski definition) is 0. The van der Waals surface area contributed by atoms with E-state index in [1.807, 2.05) is 6.92 Å². The summed E-state index contributed by atoms with van der Waals surface area (Å²) in [6.45, 7) is 11.2. The molecular formula is C7H16W. The van der Waals surface area contributed by atoms with Gasteiger partial charge in [-0.15, -0.1) is 0 Å². The molecule has 0 aromatic carbocycles. The second kappa shape index (κ2) is 15.6. The SMILES string of the molecule is [2H]CC([CH2-])CC.[CH2-]C.[W+2]. The van der Waals surface area contributed by atoms with Crippen LogP contribution in [0.4, 0.5) is 0 Å². The summed E-state index contributed by atoms with van der Waals surface area (Å²) in [6.07, 6.45) is 1.03. The van der Waals surface area contributed by atoms with Gasteiger partial charge in [0.25, 0.3) is 0 Å².